The first-order chi connectivity index (χ1) is 7.52. The lowest BCUT2D eigenvalue weighted by atomic mass is 10.0. The van der Waals surface area contributed by atoms with E-state index in [2.05, 4.69) is 50.8 Å². The van der Waals surface area contributed by atoms with Crippen molar-refractivity contribution in [1.82, 2.24) is 10.2 Å². The average molecular weight is 224 g/mol. The molecule has 2 nitrogen and oxygen atoms in total. The Hall–Kier alpha value is -0.520. The van der Waals surface area contributed by atoms with Gasteiger partial charge in [0.2, 0.25) is 0 Å². The van der Waals surface area contributed by atoms with Gasteiger partial charge in [-0.3, -0.25) is 4.90 Å². The van der Waals surface area contributed by atoms with Crippen LogP contribution in [0.25, 0.3) is 0 Å². The molecule has 0 fully saturated rings. The van der Waals surface area contributed by atoms with E-state index in [4.69, 9.17) is 6.42 Å². The number of nitrogens with one attached hydrogen (secondary N) is 1. The zero-order chi connectivity index (χ0) is 12.6. The van der Waals surface area contributed by atoms with Gasteiger partial charge in [-0.25, -0.2) is 0 Å². The van der Waals surface area contributed by atoms with Gasteiger partial charge in [-0.15, -0.1) is 6.42 Å². The number of hydrogen-bond acceptors (Lipinski definition) is 2. The van der Waals surface area contributed by atoms with Gasteiger partial charge < -0.3 is 5.32 Å². The van der Waals surface area contributed by atoms with E-state index in [-0.39, 0.29) is 0 Å². The summed E-state index contributed by atoms with van der Waals surface area (Å²) in [5, 5.41) is 3.51. The Kier molecular flexibility index (Phi) is 8.33. The van der Waals surface area contributed by atoms with E-state index in [1.165, 1.54) is 0 Å². The minimum Gasteiger partial charge on any atom is -0.316 e. The Morgan fingerprint density at radius 3 is 2.25 bits per heavy atom. The van der Waals surface area contributed by atoms with Gasteiger partial charge in [-0.05, 0) is 38.4 Å². The molecule has 0 rings (SSSR count). The fourth-order valence-electron chi connectivity index (χ4n) is 1.79. The largest absolute Gasteiger partial charge is 0.316 e. The predicted octanol–water partition coefficient (Wildman–Crippen LogP) is 2.21. The van der Waals surface area contributed by atoms with Gasteiger partial charge in [0.05, 0.1) is 6.54 Å². The molecule has 0 radical (unpaired) electrons. The lowest BCUT2D eigenvalue weighted by Crippen LogP contribution is -2.41. The van der Waals surface area contributed by atoms with Gasteiger partial charge in [0.25, 0.3) is 0 Å². The van der Waals surface area contributed by atoms with Crippen LogP contribution in [0.4, 0.5) is 0 Å². The minimum absolute atomic E-state index is 0.542. The summed E-state index contributed by atoms with van der Waals surface area (Å²) in [5.41, 5.74) is 0. The summed E-state index contributed by atoms with van der Waals surface area (Å²) >= 11 is 0. The molecule has 0 aromatic rings. The van der Waals surface area contributed by atoms with Crippen molar-refractivity contribution in [2.75, 3.05) is 26.2 Å². The topological polar surface area (TPSA) is 15.3 Å². The van der Waals surface area contributed by atoms with Crippen LogP contribution in [0.3, 0.4) is 0 Å². The Balaban J connectivity index is 3.95. The van der Waals surface area contributed by atoms with Crippen LogP contribution in [0.1, 0.15) is 34.6 Å². The van der Waals surface area contributed by atoms with Gasteiger partial charge in [-0.1, -0.05) is 33.6 Å². The Morgan fingerprint density at radius 2 is 1.81 bits per heavy atom. The molecule has 94 valence electrons. The number of hydrogen-bond donors (Lipinski definition) is 1. The van der Waals surface area contributed by atoms with E-state index in [1.807, 2.05) is 0 Å². The van der Waals surface area contributed by atoms with Gasteiger partial charge in [0.1, 0.15) is 0 Å². The van der Waals surface area contributed by atoms with Crippen molar-refractivity contribution in [2.45, 2.75) is 40.7 Å². The first kappa shape index (κ1) is 15.5. The van der Waals surface area contributed by atoms with Gasteiger partial charge in [-0.2, -0.15) is 0 Å². The zero-order valence-electron chi connectivity index (χ0n) is 11.6. The zero-order valence-corrected chi connectivity index (χ0v) is 11.6. The first-order valence-corrected chi connectivity index (χ1v) is 6.41. The van der Waals surface area contributed by atoms with Crippen molar-refractivity contribution in [3.63, 3.8) is 0 Å². The molecule has 2 unspecified atom stereocenters. The SMILES string of the molecule is C#CCN(CC)C(C)C(C)CNCC(C)C. The van der Waals surface area contributed by atoms with Crippen LogP contribution < -0.4 is 5.32 Å². The fourth-order valence-corrected chi connectivity index (χ4v) is 1.79. The lowest BCUT2D eigenvalue weighted by molar-refractivity contribution is 0.186. The van der Waals surface area contributed by atoms with E-state index in [0.29, 0.717) is 12.0 Å². The molecule has 0 aliphatic carbocycles. The molecule has 0 aliphatic heterocycles. The van der Waals surface area contributed by atoms with Crippen LogP contribution in [-0.2, 0) is 0 Å². The highest BCUT2D eigenvalue weighted by molar-refractivity contribution is 4.90. The second-order valence-corrected chi connectivity index (χ2v) is 5.04. The second kappa shape index (κ2) is 8.61. The summed E-state index contributed by atoms with van der Waals surface area (Å²) < 4.78 is 0. The van der Waals surface area contributed by atoms with Crippen LogP contribution in [0.2, 0.25) is 0 Å². The summed E-state index contributed by atoms with van der Waals surface area (Å²) in [4.78, 5) is 2.35. The van der Waals surface area contributed by atoms with Crippen molar-refractivity contribution in [3.05, 3.63) is 0 Å². The van der Waals surface area contributed by atoms with Crippen molar-refractivity contribution in [3.8, 4) is 12.3 Å². The van der Waals surface area contributed by atoms with Crippen molar-refractivity contribution in [2.24, 2.45) is 11.8 Å². The Morgan fingerprint density at radius 1 is 1.19 bits per heavy atom. The normalized spacial score (nSPS) is 15.1. The summed E-state index contributed by atoms with van der Waals surface area (Å²) in [6, 6.07) is 0.542. The number of terminal acetylenes is 1. The summed E-state index contributed by atoms with van der Waals surface area (Å²) in [7, 11) is 0. The summed E-state index contributed by atoms with van der Waals surface area (Å²) in [6.07, 6.45) is 5.38. The number of rotatable bonds is 8. The molecule has 0 aromatic heterocycles. The van der Waals surface area contributed by atoms with Crippen LogP contribution in [-0.4, -0.2) is 37.1 Å². The molecule has 2 atom stereocenters. The van der Waals surface area contributed by atoms with Crippen LogP contribution in [0.15, 0.2) is 0 Å². The van der Waals surface area contributed by atoms with Crippen molar-refractivity contribution >= 4 is 0 Å². The molecule has 0 aromatic carbocycles. The highest BCUT2D eigenvalue weighted by atomic mass is 15.1. The molecular formula is C14H28N2. The van der Waals surface area contributed by atoms with Crippen LogP contribution in [0, 0.1) is 24.2 Å². The monoisotopic (exact) mass is 224 g/mol. The van der Waals surface area contributed by atoms with E-state index in [1.54, 1.807) is 0 Å². The average Bonchev–Trinajstić information content (AvgIpc) is 2.24. The third kappa shape index (κ3) is 6.15. The van der Waals surface area contributed by atoms with Crippen molar-refractivity contribution in [1.29, 1.82) is 0 Å². The van der Waals surface area contributed by atoms with Crippen LogP contribution in [0.5, 0.6) is 0 Å². The highest BCUT2D eigenvalue weighted by Crippen LogP contribution is 2.09. The number of nitrogens with zero attached hydrogens (tertiary/aromatic N) is 1. The van der Waals surface area contributed by atoms with E-state index in [9.17, 15) is 0 Å². The van der Waals surface area contributed by atoms with E-state index in [0.717, 1.165) is 32.1 Å². The Labute approximate surface area is 102 Å². The summed E-state index contributed by atoms with van der Waals surface area (Å²) in [5.74, 6) is 4.08. The standard InChI is InChI=1S/C14H28N2/c1-7-9-16(8-2)14(6)13(5)11-15-10-12(3)4/h1,12-15H,8-11H2,2-6H3. The maximum atomic E-state index is 5.38. The van der Waals surface area contributed by atoms with Gasteiger partial charge in [0, 0.05) is 6.04 Å². The molecule has 0 bridgehead atoms. The third-order valence-electron chi connectivity index (χ3n) is 3.12. The molecule has 0 aliphatic rings. The maximum Gasteiger partial charge on any atom is 0.0601 e. The lowest BCUT2D eigenvalue weighted by Gasteiger charge is -2.31. The molecule has 0 saturated carbocycles. The predicted molar refractivity (Wildman–Crippen MR) is 72.4 cm³/mol. The molecular weight excluding hydrogens is 196 g/mol. The second-order valence-electron chi connectivity index (χ2n) is 5.04. The highest BCUT2D eigenvalue weighted by Gasteiger charge is 2.17. The molecule has 2 heteroatoms. The Bertz CT molecular complexity index is 205. The van der Waals surface area contributed by atoms with Crippen molar-refractivity contribution < 1.29 is 0 Å². The molecule has 1 N–H and O–H groups in total. The smallest absolute Gasteiger partial charge is 0.0601 e. The molecule has 0 amide bonds. The van der Waals surface area contributed by atoms with Crippen LogP contribution >= 0.6 is 0 Å². The third-order valence-corrected chi connectivity index (χ3v) is 3.12. The fraction of sp³-hybridized carbons (Fsp3) is 0.857. The van der Waals surface area contributed by atoms with Gasteiger partial charge >= 0.3 is 0 Å². The minimum atomic E-state index is 0.542. The van der Waals surface area contributed by atoms with E-state index < -0.39 is 0 Å². The molecule has 0 saturated heterocycles. The summed E-state index contributed by atoms with van der Waals surface area (Å²) in [6.45, 7) is 15.1. The quantitative estimate of drug-likeness (QED) is 0.636. The maximum absolute atomic E-state index is 5.38. The molecule has 0 spiro atoms. The van der Waals surface area contributed by atoms with E-state index >= 15 is 0 Å². The first-order valence-electron chi connectivity index (χ1n) is 6.41. The van der Waals surface area contributed by atoms with Gasteiger partial charge in [0.15, 0.2) is 0 Å². The molecule has 0 heterocycles. The molecule has 16 heavy (non-hydrogen) atoms.